The summed E-state index contributed by atoms with van der Waals surface area (Å²) in [4.78, 5) is 0. The zero-order valence-corrected chi connectivity index (χ0v) is 7.88. The minimum Gasteiger partial charge on any atom is -0.359 e. The van der Waals surface area contributed by atoms with Crippen LogP contribution in [0.4, 0.5) is 0 Å². The van der Waals surface area contributed by atoms with Crippen LogP contribution in [0, 0.1) is 0 Å². The molecule has 2 rings (SSSR count). The third-order valence-corrected chi connectivity index (χ3v) is 2.40. The predicted octanol–water partition coefficient (Wildman–Crippen LogP) is 1.91. The standard InChI is InChI=1S/C11H14O2/c1-12-8-13-7-9-2-3-10-4-5-11(10)6-9/h2-3,6H,4-5,7-8H2,1H3. The van der Waals surface area contributed by atoms with Crippen LogP contribution in [-0.4, -0.2) is 13.9 Å². The van der Waals surface area contributed by atoms with E-state index in [2.05, 4.69) is 18.2 Å². The molecule has 0 bridgehead atoms. The fourth-order valence-electron chi connectivity index (χ4n) is 1.58. The van der Waals surface area contributed by atoms with E-state index in [1.807, 2.05) is 0 Å². The van der Waals surface area contributed by atoms with Crippen LogP contribution >= 0.6 is 0 Å². The molecule has 0 atom stereocenters. The van der Waals surface area contributed by atoms with Gasteiger partial charge in [0.1, 0.15) is 6.79 Å². The number of ether oxygens (including phenoxy) is 2. The van der Waals surface area contributed by atoms with Crippen molar-refractivity contribution in [1.82, 2.24) is 0 Å². The molecule has 13 heavy (non-hydrogen) atoms. The molecule has 0 fully saturated rings. The summed E-state index contributed by atoms with van der Waals surface area (Å²) in [5, 5.41) is 0. The number of benzene rings is 1. The molecule has 70 valence electrons. The zero-order valence-electron chi connectivity index (χ0n) is 7.88. The first-order chi connectivity index (χ1) is 6.40. The fourth-order valence-corrected chi connectivity index (χ4v) is 1.58. The van der Waals surface area contributed by atoms with Crippen molar-refractivity contribution in [3.05, 3.63) is 34.9 Å². The van der Waals surface area contributed by atoms with Gasteiger partial charge < -0.3 is 9.47 Å². The lowest BCUT2D eigenvalue weighted by atomic mass is 9.87. The summed E-state index contributed by atoms with van der Waals surface area (Å²) in [6.45, 7) is 1.03. The zero-order chi connectivity index (χ0) is 9.10. The fraction of sp³-hybridized carbons (Fsp3) is 0.455. The second kappa shape index (κ2) is 3.90. The van der Waals surface area contributed by atoms with Gasteiger partial charge in [-0.25, -0.2) is 0 Å². The van der Waals surface area contributed by atoms with E-state index in [0.29, 0.717) is 13.4 Å². The van der Waals surface area contributed by atoms with Gasteiger partial charge in [-0.1, -0.05) is 18.2 Å². The smallest absolute Gasteiger partial charge is 0.146 e. The SMILES string of the molecule is COCOCc1ccc2c(c1)CC2. The second-order valence-corrected chi connectivity index (χ2v) is 3.36. The number of aryl methyl sites for hydroxylation is 2. The van der Waals surface area contributed by atoms with Crippen LogP contribution in [0.25, 0.3) is 0 Å². The Morgan fingerprint density at radius 2 is 2.08 bits per heavy atom. The molecule has 1 aliphatic carbocycles. The molecular formula is C11H14O2. The van der Waals surface area contributed by atoms with Crippen molar-refractivity contribution in [3.63, 3.8) is 0 Å². The lowest BCUT2D eigenvalue weighted by molar-refractivity contribution is -0.0390. The number of hydrogen-bond acceptors (Lipinski definition) is 2. The first-order valence-electron chi connectivity index (χ1n) is 4.57. The summed E-state index contributed by atoms with van der Waals surface area (Å²) in [7, 11) is 1.64. The maximum Gasteiger partial charge on any atom is 0.146 e. The van der Waals surface area contributed by atoms with E-state index >= 15 is 0 Å². The van der Waals surface area contributed by atoms with Crippen molar-refractivity contribution >= 4 is 0 Å². The van der Waals surface area contributed by atoms with Crippen molar-refractivity contribution in [2.45, 2.75) is 19.4 Å². The molecule has 0 saturated carbocycles. The Bertz CT molecular complexity index is 294. The summed E-state index contributed by atoms with van der Waals surface area (Å²) in [6, 6.07) is 6.56. The maximum atomic E-state index is 5.27. The summed E-state index contributed by atoms with van der Waals surface area (Å²) in [5.41, 5.74) is 4.23. The number of fused-ring (bicyclic) bond motifs is 1. The number of hydrogen-bond donors (Lipinski definition) is 0. The third kappa shape index (κ3) is 1.90. The first-order valence-corrected chi connectivity index (χ1v) is 4.57. The van der Waals surface area contributed by atoms with Gasteiger partial charge in [-0.05, 0) is 29.5 Å². The topological polar surface area (TPSA) is 18.5 Å². The molecule has 2 nitrogen and oxygen atoms in total. The molecule has 0 radical (unpaired) electrons. The van der Waals surface area contributed by atoms with Crippen LogP contribution in [0.5, 0.6) is 0 Å². The van der Waals surface area contributed by atoms with E-state index in [9.17, 15) is 0 Å². The lowest BCUT2D eigenvalue weighted by Gasteiger charge is -2.19. The average Bonchev–Trinajstić information content (AvgIpc) is 2.10. The normalized spacial score (nSPS) is 13.6. The van der Waals surface area contributed by atoms with Crippen molar-refractivity contribution in [2.24, 2.45) is 0 Å². The summed E-state index contributed by atoms with van der Waals surface area (Å²) in [6.07, 6.45) is 2.47. The molecule has 0 unspecified atom stereocenters. The lowest BCUT2D eigenvalue weighted by Crippen LogP contribution is -2.08. The van der Waals surface area contributed by atoms with Gasteiger partial charge in [0.05, 0.1) is 6.61 Å². The monoisotopic (exact) mass is 178 g/mol. The van der Waals surface area contributed by atoms with Crippen LogP contribution in [0.1, 0.15) is 16.7 Å². The van der Waals surface area contributed by atoms with Crippen LogP contribution in [0.15, 0.2) is 18.2 Å². The Morgan fingerprint density at radius 1 is 1.23 bits per heavy atom. The Labute approximate surface area is 78.5 Å². The Hall–Kier alpha value is -0.860. The summed E-state index contributed by atoms with van der Waals surface area (Å²) >= 11 is 0. The largest absolute Gasteiger partial charge is 0.359 e. The Morgan fingerprint density at radius 3 is 2.69 bits per heavy atom. The van der Waals surface area contributed by atoms with Crippen molar-refractivity contribution in [3.8, 4) is 0 Å². The first kappa shape index (κ1) is 8.73. The molecular weight excluding hydrogens is 164 g/mol. The number of methoxy groups -OCH3 is 1. The van der Waals surface area contributed by atoms with E-state index < -0.39 is 0 Å². The minimum absolute atomic E-state index is 0.372. The highest BCUT2D eigenvalue weighted by atomic mass is 16.7. The van der Waals surface area contributed by atoms with E-state index in [0.717, 1.165) is 0 Å². The predicted molar refractivity (Wildman–Crippen MR) is 50.5 cm³/mol. The Kier molecular flexibility index (Phi) is 2.62. The van der Waals surface area contributed by atoms with Crippen LogP contribution < -0.4 is 0 Å². The quantitative estimate of drug-likeness (QED) is 0.518. The molecule has 0 spiro atoms. The molecule has 0 saturated heterocycles. The van der Waals surface area contributed by atoms with Crippen LogP contribution in [0.3, 0.4) is 0 Å². The van der Waals surface area contributed by atoms with Crippen molar-refractivity contribution in [2.75, 3.05) is 13.9 Å². The molecule has 0 aliphatic heterocycles. The highest BCUT2D eigenvalue weighted by molar-refractivity contribution is 5.38. The van der Waals surface area contributed by atoms with Crippen molar-refractivity contribution in [1.29, 1.82) is 0 Å². The summed E-state index contributed by atoms with van der Waals surface area (Å²) < 4.78 is 10.1. The van der Waals surface area contributed by atoms with Gasteiger partial charge in [0.25, 0.3) is 0 Å². The van der Waals surface area contributed by atoms with Crippen LogP contribution in [-0.2, 0) is 28.9 Å². The second-order valence-electron chi connectivity index (χ2n) is 3.36. The average molecular weight is 178 g/mol. The van der Waals surface area contributed by atoms with Crippen molar-refractivity contribution < 1.29 is 9.47 Å². The van der Waals surface area contributed by atoms with E-state index in [1.165, 1.54) is 29.5 Å². The minimum atomic E-state index is 0.372. The molecule has 0 amide bonds. The third-order valence-electron chi connectivity index (χ3n) is 2.40. The highest BCUT2D eigenvalue weighted by Gasteiger charge is 2.12. The summed E-state index contributed by atoms with van der Waals surface area (Å²) in [5.74, 6) is 0. The van der Waals surface area contributed by atoms with Crippen LogP contribution in [0.2, 0.25) is 0 Å². The van der Waals surface area contributed by atoms with Gasteiger partial charge >= 0.3 is 0 Å². The molecule has 1 aromatic carbocycles. The Balaban J connectivity index is 1.93. The van der Waals surface area contributed by atoms with Gasteiger partial charge in [0.15, 0.2) is 0 Å². The maximum absolute atomic E-state index is 5.27. The molecule has 0 heterocycles. The van der Waals surface area contributed by atoms with E-state index in [4.69, 9.17) is 9.47 Å². The van der Waals surface area contributed by atoms with E-state index in [-0.39, 0.29) is 0 Å². The molecule has 1 aromatic rings. The molecule has 2 heteroatoms. The van der Waals surface area contributed by atoms with E-state index in [1.54, 1.807) is 7.11 Å². The highest BCUT2D eigenvalue weighted by Crippen LogP contribution is 2.23. The molecule has 0 N–H and O–H groups in total. The van der Waals surface area contributed by atoms with Gasteiger partial charge in [-0.3, -0.25) is 0 Å². The molecule has 0 aromatic heterocycles. The van der Waals surface area contributed by atoms with Gasteiger partial charge in [0, 0.05) is 7.11 Å². The molecule has 1 aliphatic rings. The number of rotatable bonds is 4. The van der Waals surface area contributed by atoms with Gasteiger partial charge in [-0.2, -0.15) is 0 Å². The van der Waals surface area contributed by atoms with Gasteiger partial charge in [-0.15, -0.1) is 0 Å². The van der Waals surface area contributed by atoms with Gasteiger partial charge in [0.2, 0.25) is 0 Å².